The quantitative estimate of drug-likeness (QED) is 0.656. The predicted molar refractivity (Wildman–Crippen MR) is 102 cm³/mol. The lowest BCUT2D eigenvalue weighted by molar-refractivity contribution is 0.0662. The fourth-order valence-electron chi connectivity index (χ4n) is 3.79. The molecule has 2 amide bonds. The highest BCUT2D eigenvalue weighted by molar-refractivity contribution is 6.26. The van der Waals surface area contributed by atoms with E-state index in [1.807, 2.05) is 74.5 Å². The first-order valence-corrected chi connectivity index (χ1v) is 8.92. The molecule has 0 spiro atoms. The van der Waals surface area contributed by atoms with Crippen LogP contribution in [0.5, 0.6) is 0 Å². The lowest BCUT2D eigenvalue weighted by Crippen LogP contribution is -2.30. The highest BCUT2D eigenvalue weighted by atomic mass is 16.2. The minimum absolute atomic E-state index is 0.198. The van der Waals surface area contributed by atoms with Crippen LogP contribution in [0.3, 0.4) is 0 Å². The molecule has 0 unspecified atom stereocenters. The number of fused-ring (bicyclic) bond motifs is 1. The van der Waals surface area contributed by atoms with Crippen LogP contribution in [0.25, 0.3) is 22.5 Å². The van der Waals surface area contributed by atoms with E-state index in [1.54, 1.807) is 0 Å². The zero-order valence-corrected chi connectivity index (χ0v) is 14.9. The van der Waals surface area contributed by atoms with Gasteiger partial charge in [-0.05, 0) is 25.0 Å². The van der Waals surface area contributed by atoms with Gasteiger partial charge in [0, 0.05) is 13.1 Å². The number of carbonyl (C=O) groups is 2. The molecule has 1 aromatic heterocycles. The number of imide groups is 1. The molecule has 1 aliphatic heterocycles. The summed E-state index contributed by atoms with van der Waals surface area (Å²) in [4.78, 5) is 27.4. The van der Waals surface area contributed by atoms with Gasteiger partial charge in [-0.15, -0.1) is 0 Å². The molecule has 4 rings (SSSR count). The second-order valence-electron chi connectivity index (χ2n) is 6.28. The van der Waals surface area contributed by atoms with Crippen molar-refractivity contribution in [3.63, 3.8) is 0 Å². The van der Waals surface area contributed by atoms with Crippen molar-refractivity contribution in [2.75, 3.05) is 6.54 Å². The van der Waals surface area contributed by atoms with Crippen molar-refractivity contribution in [3.05, 3.63) is 71.8 Å². The summed E-state index contributed by atoms with van der Waals surface area (Å²) in [6.45, 7) is 4.93. The summed E-state index contributed by atoms with van der Waals surface area (Å²) in [5.41, 5.74) is 4.62. The van der Waals surface area contributed by atoms with Crippen LogP contribution < -0.4 is 0 Å². The Morgan fingerprint density at radius 1 is 0.654 bits per heavy atom. The van der Waals surface area contributed by atoms with Gasteiger partial charge < -0.3 is 4.57 Å². The van der Waals surface area contributed by atoms with E-state index in [0.29, 0.717) is 24.2 Å². The highest BCUT2D eigenvalue weighted by Gasteiger charge is 2.42. The molecule has 0 N–H and O–H groups in total. The number of carbonyl (C=O) groups excluding carboxylic acids is 2. The number of nitrogens with zero attached hydrogens (tertiary/aromatic N) is 2. The molecule has 1 aliphatic rings. The predicted octanol–water partition coefficient (Wildman–Crippen LogP) is 4.46. The van der Waals surface area contributed by atoms with Crippen LogP contribution in [0.1, 0.15) is 34.6 Å². The van der Waals surface area contributed by atoms with Gasteiger partial charge in [0.25, 0.3) is 11.8 Å². The van der Waals surface area contributed by atoms with Crippen molar-refractivity contribution in [1.29, 1.82) is 0 Å². The van der Waals surface area contributed by atoms with Crippen molar-refractivity contribution in [2.24, 2.45) is 0 Å². The Hall–Kier alpha value is -3.14. The maximum atomic E-state index is 13.0. The summed E-state index contributed by atoms with van der Waals surface area (Å²) in [7, 11) is 0. The second-order valence-corrected chi connectivity index (χ2v) is 6.28. The van der Waals surface area contributed by atoms with E-state index in [0.717, 1.165) is 22.5 Å². The lowest BCUT2D eigenvalue weighted by atomic mass is 10.0. The molecule has 0 fully saturated rings. The van der Waals surface area contributed by atoms with E-state index in [-0.39, 0.29) is 11.8 Å². The number of aromatic nitrogens is 1. The third-order valence-electron chi connectivity index (χ3n) is 4.91. The van der Waals surface area contributed by atoms with Crippen LogP contribution >= 0.6 is 0 Å². The van der Waals surface area contributed by atoms with Gasteiger partial charge in [0.2, 0.25) is 0 Å². The lowest BCUT2D eigenvalue weighted by Gasteiger charge is -2.17. The van der Waals surface area contributed by atoms with E-state index in [9.17, 15) is 9.59 Å². The third kappa shape index (κ3) is 2.22. The van der Waals surface area contributed by atoms with Gasteiger partial charge in [0.1, 0.15) is 0 Å². The Morgan fingerprint density at radius 3 is 1.42 bits per heavy atom. The van der Waals surface area contributed by atoms with E-state index < -0.39 is 0 Å². The average molecular weight is 344 g/mol. The fraction of sp³-hybridized carbons (Fsp3) is 0.182. The normalized spacial score (nSPS) is 13.4. The molecule has 2 aromatic carbocycles. The van der Waals surface area contributed by atoms with E-state index >= 15 is 0 Å². The molecular formula is C22H20N2O2. The van der Waals surface area contributed by atoms with E-state index in [4.69, 9.17) is 0 Å². The Bertz CT molecular complexity index is 911. The van der Waals surface area contributed by atoms with Crippen molar-refractivity contribution in [3.8, 4) is 22.5 Å². The topological polar surface area (TPSA) is 42.3 Å². The molecule has 4 heteroatoms. The Kier molecular flexibility index (Phi) is 3.96. The van der Waals surface area contributed by atoms with Gasteiger partial charge in [-0.3, -0.25) is 14.5 Å². The van der Waals surface area contributed by atoms with Gasteiger partial charge in [-0.25, -0.2) is 0 Å². The summed E-state index contributed by atoms with van der Waals surface area (Å²) >= 11 is 0. The molecule has 0 bridgehead atoms. The monoisotopic (exact) mass is 344 g/mol. The zero-order valence-electron chi connectivity index (χ0n) is 14.9. The number of rotatable bonds is 4. The molecular weight excluding hydrogens is 324 g/mol. The van der Waals surface area contributed by atoms with Gasteiger partial charge in [-0.1, -0.05) is 60.7 Å². The summed E-state index contributed by atoms with van der Waals surface area (Å²) in [5, 5.41) is 0. The summed E-state index contributed by atoms with van der Waals surface area (Å²) in [6.07, 6.45) is 0. The van der Waals surface area contributed by atoms with Gasteiger partial charge >= 0.3 is 0 Å². The van der Waals surface area contributed by atoms with Gasteiger partial charge in [-0.2, -0.15) is 0 Å². The van der Waals surface area contributed by atoms with Crippen LogP contribution in [-0.2, 0) is 6.54 Å². The summed E-state index contributed by atoms with van der Waals surface area (Å²) < 4.78 is 2.10. The first kappa shape index (κ1) is 16.3. The Labute approximate surface area is 152 Å². The molecule has 3 aromatic rings. The van der Waals surface area contributed by atoms with Crippen LogP contribution in [0.4, 0.5) is 0 Å². The van der Waals surface area contributed by atoms with Crippen molar-refractivity contribution >= 4 is 11.8 Å². The van der Waals surface area contributed by atoms with Crippen molar-refractivity contribution in [1.82, 2.24) is 9.47 Å². The Balaban J connectivity index is 2.10. The maximum Gasteiger partial charge on any atom is 0.263 e. The first-order chi connectivity index (χ1) is 12.7. The molecule has 0 radical (unpaired) electrons. The zero-order chi connectivity index (χ0) is 18.3. The molecule has 0 saturated carbocycles. The first-order valence-electron chi connectivity index (χ1n) is 8.92. The Morgan fingerprint density at radius 2 is 1.08 bits per heavy atom. The van der Waals surface area contributed by atoms with Crippen molar-refractivity contribution < 1.29 is 9.59 Å². The minimum atomic E-state index is -0.198. The average Bonchev–Trinajstić information content (AvgIpc) is 3.15. The summed E-state index contributed by atoms with van der Waals surface area (Å²) in [5.74, 6) is -0.397. The van der Waals surface area contributed by atoms with Gasteiger partial charge in [0.05, 0.1) is 22.5 Å². The maximum absolute atomic E-state index is 13.0. The molecule has 0 saturated heterocycles. The number of amides is 2. The van der Waals surface area contributed by atoms with Crippen molar-refractivity contribution in [2.45, 2.75) is 20.4 Å². The molecule has 26 heavy (non-hydrogen) atoms. The largest absolute Gasteiger partial charge is 0.339 e. The minimum Gasteiger partial charge on any atom is -0.339 e. The molecule has 4 nitrogen and oxygen atoms in total. The molecule has 0 atom stereocenters. The number of hydrogen-bond donors (Lipinski definition) is 0. The molecule has 130 valence electrons. The smallest absolute Gasteiger partial charge is 0.263 e. The van der Waals surface area contributed by atoms with E-state index in [1.165, 1.54) is 4.90 Å². The number of benzene rings is 2. The third-order valence-corrected chi connectivity index (χ3v) is 4.91. The molecule has 2 heterocycles. The SMILES string of the molecule is CCN1C(=O)c2c(c(-c3ccccc3)n(CC)c2-c2ccccc2)C1=O. The van der Waals surface area contributed by atoms with Gasteiger partial charge in [0.15, 0.2) is 0 Å². The fourth-order valence-corrected chi connectivity index (χ4v) is 3.79. The molecule has 0 aliphatic carbocycles. The van der Waals surface area contributed by atoms with Crippen LogP contribution in [-0.4, -0.2) is 27.8 Å². The van der Waals surface area contributed by atoms with Crippen LogP contribution in [0.2, 0.25) is 0 Å². The standard InChI is InChI=1S/C22H20N2O2/c1-3-23-19(15-11-7-5-8-12-15)17-18(22(26)24(4-2)21(17)25)20(23)16-13-9-6-10-14-16/h5-14H,3-4H2,1-2H3. The number of hydrogen-bond acceptors (Lipinski definition) is 2. The van der Waals surface area contributed by atoms with Crippen LogP contribution in [0.15, 0.2) is 60.7 Å². The highest BCUT2D eigenvalue weighted by Crippen LogP contribution is 2.41. The van der Waals surface area contributed by atoms with E-state index in [2.05, 4.69) is 4.57 Å². The second kappa shape index (κ2) is 6.30. The van der Waals surface area contributed by atoms with Crippen LogP contribution in [0, 0.1) is 0 Å². The summed E-state index contributed by atoms with van der Waals surface area (Å²) in [6, 6.07) is 19.7.